The minimum Gasteiger partial charge on any atom is -0.370 e. The Labute approximate surface area is 142 Å². The Morgan fingerprint density at radius 2 is 1.72 bits per heavy atom. The molecule has 25 heavy (non-hydrogen) atoms. The number of hydrogen-bond acceptors (Lipinski definition) is 3. The van der Waals surface area contributed by atoms with Crippen molar-refractivity contribution < 1.29 is 17.9 Å². The molecule has 0 fully saturated rings. The average molecular weight is 347 g/mol. The van der Waals surface area contributed by atoms with E-state index in [1.54, 1.807) is 23.2 Å². The minimum atomic E-state index is -1.22. The van der Waals surface area contributed by atoms with Gasteiger partial charge in [-0.05, 0) is 30.2 Å². The fraction of sp³-hybridized carbons (Fsp3) is 0.222. The highest BCUT2D eigenvalue weighted by atomic mass is 19.2. The summed E-state index contributed by atoms with van der Waals surface area (Å²) in [7, 11) is 0. The first-order valence-electron chi connectivity index (χ1n) is 7.77. The zero-order chi connectivity index (χ0) is 17.8. The molecule has 0 atom stereocenters. The number of rotatable bonds is 6. The van der Waals surface area contributed by atoms with E-state index >= 15 is 0 Å². The van der Waals surface area contributed by atoms with Crippen LogP contribution in [0.4, 0.5) is 13.2 Å². The van der Waals surface area contributed by atoms with Crippen molar-refractivity contribution in [2.45, 2.75) is 26.6 Å². The molecule has 0 saturated carbocycles. The van der Waals surface area contributed by atoms with Crippen LogP contribution in [-0.4, -0.2) is 14.5 Å². The van der Waals surface area contributed by atoms with Gasteiger partial charge in [-0.2, -0.15) is 0 Å². The van der Waals surface area contributed by atoms with E-state index in [1.165, 1.54) is 0 Å². The van der Waals surface area contributed by atoms with Crippen LogP contribution in [0.25, 0.3) is 5.95 Å². The third kappa shape index (κ3) is 3.88. The molecule has 2 heterocycles. The van der Waals surface area contributed by atoms with E-state index in [1.807, 2.05) is 19.1 Å². The SMILES string of the molecule is CCc1cnc(-n2cccc2COCc2cc(F)c(F)cc2F)nc1. The molecule has 0 unspecified atom stereocenters. The molecule has 0 bridgehead atoms. The largest absolute Gasteiger partial charge is 0.370 e. The van der Waals surface area contributed by atoms with E-state index in [4.69, 9.17) is 4.74 Å². The standard InChI is InChI=1S/C18H16F3N3O/c1-2-12-8-22-18(23-9-12)24-5-3-4-14(24)11-25-10-13-6-16(20)17(21)7-15(13)19/h3-9H,2,10-11H2,1H3. The first-order valence-corrected chi connectivity index (χ1v) is 7.77. The lowest BCUT2D eigenvalue weighted by Gasteiger charge is -2.09. The molecule has 0 aliphatic heterocycles. The molecule has 0 N–H and O–H groups in total. The van der Waals surface area contributed by atoms with Crippen molar-refractivity contribution in [2.75, 3.05) is 0 Å². The number of nitrogens with zero attached hydrogens (tertiary/aromatic N) is 3. The molecule has 0 aliphatic carbocycles. The van der Waals surface area contributed by atoms with E-state index < -0.39 is 17.5 Å². The second-order valence-electron chi connectivity index (χ2n) is 5.46. The van der Waals surface area contributed by atoms with Crippen molar-refractivity contribution in [3.8, 4) is 5.95 Å². The van der Waals surface area contributed by atoms with Crippen molar-refractivity contribution in [3.63, 3.8) is 0 Å². The van der Waals surface area contributed by atoms with Gasteiger partial charge in [0.25, 0.3) is 0 Å². The second-order valence-corrected chi connectivity index (χ2v) is 5.46. The third-order valence-electron chi connectivity index (χ3n) is 3.75. The van der Waals surface area contributed by atoms with Crippen LogP contribution in [-0.2, 0) is 24.4 Å². The maximum atomic E-state index is 13.6. The highest BCUT2D eigenvalue weighted by molar-refractivity contribution is 5.22. The van der Waals surface area contributed by atoms with Gasteiger partial charge in [0.15, 0.2) is 11.6 Å². The zero-order valence-corrected chi connectivity index (χ0v) is 13.5. The fourth-order valence-electron chi connectivity index (χ4n) is 2.32. The van der Waals surface area contributed by atoms with Gasteiger partial charge >= 0.3 is 0 Å². The second kappa shape index (κ2) is 7.48. The summed E-state index contributed by atoms with van der Waals surface area (Å²) in [6, 6.07) is 4.95. The van der Waals surface area contributed by atoms with Crippen LogP contribution in [0.2, 0.25) is 0 Å². The summed E-state index contributed by atoms with van der Waals surface area (Å²) in [4.78, 5) is 8.60. The lowest BCUT2D eigenvalue weighted by Crippen LogP contribution is -2.06. The van der Waals surface area contributed by atoms with Crippen LogP contribution < -0.4 is 0 Å². The molecule has 0 aliphatic rings. The van der Waals surface area contributed by atoms with Crippen LogP contribution in [0.1, 0.15) is 23.7 Å². The van der Waals surface area contributed by atoms with Gasteiger partial charge in [0, 0.05) is 30.2 Å². The summed E-state index contributed by atoms with van der Waals surface area (Å²) in [5, 5.41) is 0. The van der Waals surface area contributed by atoms with Gasteiger partial charge in [0.05, 0.1) is 18.9 Å². The van der Waals surface area contributed by atoms with Crippen molar-refractivity contribution in [3.05, 3.63) is 77.1 Å². The monoisotopic (exact) mass is 347 g/mol. The summed E-state index contributed by atoms with van der Waals surface area (Å²) in [6.07, 6.45) is 6.15. The Bertz CT molecular complexity index is 863. The normalized spacial score (nSPS) is 11.0. The average Bonchev–Trinajstić information content (AvgIpc) is 3.08. The van der Waals surface area contributed by atoms with E-state index in [-0.39, 0.29) is 18.8 Å². The van der Waals surface area contributed by atoms with Gasteiger partial charge < -0.3 is 4.74 Å². The summed E-state index contributed by atoms with van der Waals surface area (Å²) in [5.74, 6) is -2.66. The molecule has 0 amide bonds. The number of benzene rings is 1. The summed E-state index contributed by atoms with van der Waals surface area (Å²) < 4.78 is 46.9. The molecular formula is C18H16F3N3O. The Morgan fingerprint density at radius 3 is 2.44 bits per heavy atom. The summed E-state index contributed by atoms with van der Waals surface area (Å²) >= 11 is 0. The first-order chi connectivity index (χ1) is 12.1. The lowest BCUT2D eigenvalue weighted by atomic mass is 10.2. The Kier molecular flexibility index (Phi) is 5.14. The predicted molar refractivity (Wildman–Crippen MR) is 85.5 cm³/mol. The van der Waals surface area contributed by atoms with Gasteiger partial charge in [0.1, 0.15) is 5.82 Å². The Balaban J connectivity index is 1.68. The van der Waals surface area contributed by atoms with Gasteiger partial charge in [0.2, 0.25) is 5.95 Å². The molecule has 3 rings (SSSR count). The van der Waals surface area contributed by atoms with Crippen LogP contribution in [0.15, 0.2) is 42.9 Å². The van der Waals surface area contributed by atoms with Gasteiger partial charge in [-0.15, -0.1) is 0 Å². The smallest absolute Gasteiger partial charge is 0.233 e. The van der Waals surface area contributed by atoms with E-state index in [0.29, 0.717) is 12.0 Å². The maximum absolute atomic E-state index is 13.6. The molecule has 4 nitrogen and oxygen atoms in total. The molecular weight excluding hydrogens is 331 g/mol. The highest BCUT2D eigenvalue weighted by Crippen LogP contribution is 2.16. The number of aromatic nitrogens is 3. The Morgan fingerprint density at radius 1 is 1.00 bits per heavy atom. The van der Waals surface area contributed by atoms with Crippen molar-refractivity contribution in [1.82, 2.24) is 14.5 Å². The van der Waals surface area contributed by atoms with Gasteiger partial charge in [-0.3, -0.25) is 4.57 Å². The number of aryl methyl sites for hydroxylation is 1. The van der Waals surface area contributed by atoms with E-state index in [2.05, 4.69) is 9.97 Å². The topological polar surface area (TPSA) is 39.9 Å². The van der Waals surface area contributed by atoms with Gasteiger partial charge in [-0.1, -0.05) is 6.92 Å². The van der Waals surface area contributed by atoms with Crippen LogP contribution in [0, 0.1) is 17.5 Å². The van der Waals surface area contributed by atoms with Crippen LogP contribution in [0.5, 0.6) is 0 Å². The lowest BCUT2D eigenvalue weighted by molar-refractivity contribution is 0.101. The molecule has 130 valence electrons. The molecule has 7 heteroatoms. The molecule has 0 spiro atoms. The third-order valence-corrected chi connectivity index (χ3v) is 3.75. The maximum Gasteiger partial charge on any atom is 0.233 e. The predicted octanol–water partition coefficient (Wildman–Crippen LogP) is 3.96. The fourth-order valence-corrected chi connectivity index (χ4v) is 2.32. The van der Waals surface area contributed by atoms with Crippen molar-refractivity contribution in [2.24, 2.45) is 0 Å². The Hall–Kier alpha value is -2.67. The van der Waals surface area contributed by atoms with Crippen LogP contribution >= 0.6 is 0 Å². The van der Waals surface area contributed by atoms with E-state index in [0.717, 1.165) is 23.7 Å². The van der Waals surface area contributed by atoms with E-state index in [9.17, 15) is 13.2 Å². The zero-order valence-electron chi connectivity index (χ0n) is 13.5. The summed E-state index contributed by atoms with van der Waals surface area (Å²) in [5.41, 5.74) is 1.75. The molecule has 0 saturated heterocycles. The number of halogens is 3. The van der Waals surface area contributed by atoms with Gasteiger partial charge in [-0.25, -0.2) is 23.1 Å². The molecule has 2 aromatic heterocycles. The molecule has 0 radical (unpaired) electrons. The summed E-state index contributed by atoms with van der Waals surface area (Å²) in [6.45, 7) is 1.98. The highest BCUT2D eigenvalue weighted by Gasteiger charge is 2.11. The van der Waals surface area contributed by atoms with Crippen LogP contribution in [0.3, 0.4) is 0 Å². The molecule has 1 aromatic carbocycles. The van der Waals surface area contributed by atoms with Crippen molar-refractivity contribution >= 4 is 0 Å². The molecule has 3 aromatic rings. The number of hydrogen-bond donors (Lipinski definition) is 0. The number of ether oxygens (including phenoxy) is 1. The first kappa shape index (κ1) is 17.2. The quantitative estimate of drug-likeness (QED) is 0.634. The van der Waals surface area contributed by atoms with Crippen molar-refractivity contribution in [1.29, 1.82) is 0 Å². The minimum absolute atomic E-state index is 0.0412.